The minimum absolute atomic E-state index is 0.0582. The molecule has 114 valence electrons. The predicted molar refractivity (Wildman–Crippen MR) is 78.3 cm³/mol. The Labute approximate surface area is 126 Å². The molecule has 3 rings (SSSR count). The van der Waals surface area contributed by atoms with Crippen molar-refractivity contribution >= 4 is 29.2 Å². The molecule has 2 heterocycles. The highest BCUT2D eigenvalue weighted by molar-refractivity contribution is 6.46. The van der Waals surface area contributed by atoms with E-state index in [0.29, 0.717) is 5.69 Å². The van der Waals surface area contributed by atoms with Crippen LogP contribution in [0.4, 0.5) is 5.69 Å². The van der Waals surface area contributed by atoms with E-state index in [1.807, 2.05) is 19.9 Å². The number of anilines is 1. The molecule has 2 atom stereocenters. The molecule has 1 N–H and O–H groups in total. The van der Waals surface area contributed by atoms with Crippen LogP contribution in [0.5, 0.6) is 0 Å². The van der Waals surface area contributed by atoms with E-state index >= 15 is 0 Å². The molecule has 2 amide bonds. The summed E-state index contributed by atoms with van der Waals surface area (Å²) in [6.45, 7) is 3.86. The van der Waals surface area contributed by atoms with E-state index in [1.54, 1.807) is 12.1 Å². The molecule has 2 aliphatic rings. The Balaban J connectivity index is 1.98. The maximum Gasteiger partial charge on any atom is 0.355 e. The van der Waals surface area contributed by atoms with E-state index in [2.05, 4.69) is 15.3 Å². The molecule has 2 aliphatic heterocycles. The number of carbonyl (C=O) groups excluding carboxylic acids is 3. The van der Waals surface area contributed by atoms with Gasteiger partial charge >= 0.3 is 5.97 Å². The number of carbonyl (C=O) groups is 3. The number of hydrazone groups is 1. The minimum Gasteiger partial charge on any atom is -0.464 e. The summed E-state index contributed by atoms with van der Waals surface area (Å²) in [5.74, 6) is -2.52. The lowest BCUT2D eigenvalue weighted by Crippen LogP contribution is -2.36. The number of nitrogens with zero attached hydrogens (tertiary/aromatic N) is 2. The number of aryl methyl sites for hydroxylation is 2. The number of imide groups is 1. The number of rotatable bonds is 2. The summed E-state index contributed by atoms with van der Waals surface area (Å²) in [4.78, 5) is 37.8. The van der Waals surface area contributed by atoms with Gasteiger partial charge in [-0.25, -0.2) is 9.69 Å². The smallest absolute Gasteiger partial charge is 0.355 e. The monoisotopic (exact) mass is 301 g/mol. The fraction of sp³-hybridized carbons (Fsp3) is 0.333. The van der Waals surface area contributed by atoms with Crippen LogP contribution >= 0.6 is 0 Å². The summed E-state index contributed by atoms with van der Waals surface area (Å²) < 4.78 is 4.61. The van der Waals surface area contributed by atoms with Crippen molar-refractivity contribution in [3.05, 3.63) is 29.3 Å². The predicted octanol–water partition coefficient (Wildman–Crippen LogP) is 0.294. The Bertz CT molecular complexity index is 725. The third kappa shape index (κ3) is 1.89. The molecule has 0 spiro atoms. The van der Waals surface area contributed by atoms with Gasteiger partial charge < -0.3 is 4.74 Å². The molecule has 1 fully saturated rings. The molecule has 1 aromatic rings. The normalized spacial score (nSPS) is 23.2. The number of methoxy groups -OCH3 is 1. The maximum absolute atomic E-state index is 12.6. The highest BCUT2D eigenvalue weighted by atomic mass is 16.5. The van der Waals surface area contributed by atoms with Crippen molar-refractivity contribution < 1.29 is 19.1 Å². The first-order valence-corrected chi connectivity index (χ1v) is 6.82. The van der Waals surface area contributed by atoms with E-state index in [9.17, 15) is 14.4 Å². The maximum atomic E-state index is 12.6. The average molecular weight is 301 g/mol. The molecule has 7 heteroatoms. The first-order valence-electron chi connectivity index (χ1n) is 6.82. The fourth-order valence-electron chi connectivity index (χ4n) is 2.68. The van der Waals surface area contributed by atoms with Gasteiger partial charge in [-0.05, 0) is 37.1 Å². The number of benzene rings is 1. The summed E-state index contributed by atoms with van der Waals surface area (Å²) in [5.41, 5.74) is 5.05. The van der Waals surface area contributed by atoms with Crippen LogP contribution < -0.4 is 10.3 Å². The lowest BCUT2D eigenvalue weighted by atomic mass is 9.99. The molecule has 0 saturated carbocycles. The molecule has 1 aromatic carbocycles. The van der Waals surface area contributed by atoms with Crippen LogP contribution in [-0.2, 0) is 19.1 Å². The minimum atomic E-state index is -0.929. The number of nitrogens with one attached hydrogen (secondary N) is 1. The third-order valence-electron chi connectivity index (χ3n) is 4.07. The second-order valence-corrected chi connectivity index (χ2v) is 5.35. The largest absolute Gasteiger partial charge is 0.464 e. The standard InChI is InChI=1S/C15H15N3O4/c1-7-4-5-9(6-8(7)2)18-13(19)10-11(14(18)20)16-17-12(10)15(21)22-3/h4-6,10-11,16H,1-3H3/t10-,11-/m1/s1. The van der Waals surface area contributed by atoms with Crippen molar-refractivity contribution in [1.82, 2.24) is 5.43 Å². The van der Waals surface area contributed by atoms with E-state index < -0.39 is 29.7 Å². The summed E-state index contributed by atoms with van der Waals surface area (Å²) in [6, 6.07) is 4.50. The van der Waals surface area contributed by atoms with Gasteiger partial charge in [0, 0.05) is 0 Å². The van der Waals surface area contributed by atoms with E-state index in [1.165, 1.54) is 7.11 Å². The SMILES string of the molecule is COC(=O)C1=NN[C@H]2C(=O)N(c3ccc(C)c(C)c3)C(=O)[C@@H]12. The Morgan fingerprint density at radius 1 is 1.23 bits per heavy atom. The molecule has 7 nitrogen and oxygen atoms in total. The Kier molecular flexibility index (Phi) is 3.20. The zero-order valence-electron chi connectivity index (χ0n) is 12.4. The number of fused-ring (bicyclic) bond motifs is 1. The van der Waals surface area contributed by atoms with Gasteiger partial charge in [0.15, 0.2) is 5.71 Å². The molecular formula is C15H15N3O4. The first-order chi connectivity index (χ1) is 10.5. The van der Waals surface area contributed by atoms with Crippen LogP contribution in [0.3, 0.4) is 0 Å². The van der Waals surface area contributed by atoms with Crippen molar-refractivity contribution in [1.29, 1.82) is 0 Å². The zero-order chi connectivity index (χ0) is 16.0. The van der Waals surface area contributed by atoms with Crippen LogP contribution in [0, 0.1) is 19.8 Å². The number of hydrogen-bond acceptors (Lipinski definition) is 6. The Morgan fingerprint density at radius 3 is 2.59 bits per heavy atom. The Hall–Kier alpha value is -2.70. The molecular weight excluding hydrogens is 286 g/mol. The van der Waals surface area contributed by atoms with Crippen molar-refractivity contribution in [2.45, 2.75) is 19.9 Å². The summed E-state index contributed by atoms with van der Waals surface area (Å²) in [7, 11) is 1.21. The molecule has 22 heavy (non-hydrogen) atoms. The molecule has 0 aromatic heterocycles. The summed E-state index contributed by atoms with van der Waals surface area (Å²) in [5, 5.41) is 3.78. The van der Waals surface area contributed by atoms with Crippen LogP contribution in [0.15, 0.2) is 23.3 Å². The van der Waals surface area contributed by atoms with Gasteiger partial charge in [0.1, 0.15) is 12.0 Å². The number of esters is 1. The lowest BCUT2D eigenvalue weighted by molar-refractivity contribution is -0.133. The van der Waals surface area contributed by atoms with Gasteiger partial charge in [0.25, 0.3) is 5.91 Å². The first kappa shape index (κ1) is 14.2. The fourth-order valence-corrected chi connectivity index (χ4v) is 2.68. The molecule has 0 bridgehead atoms. The highest BCUT2D eigenvalue weighted by Crippen LogP contribution is 2.31. The summed E-state index contributed by atoms with van der Waals surface area (Å²) in [6.07, 6.45) is 0. The van der Waals surface area contributed by atoms with Crippen molar-refractivity contribution in [2.24, 2.45) is 11.0 Å². The van der Waals surface area contributed by atoms with E-state index in [0.717, 1.165) is 16.0 Å². The number of hydrogen-bond donors (Lipinski definition) is 1. The van der Waals surface area contributed by atoms with Crippen LogP contribution in [-0.4, -0.2) is 36.6 Å². The topological polar surface area (TPSA) is 88.1 Å². The number of ether oxygens (including phenoxy) is 1. The Morgan fingerprint density at radius 2 is 1.95 bits per heavy atom. The van der Waals surface area contributed by atoms with Gasteiger partial charge in [-0.3, -0.25) is 15.0 Å². The lowest BCUT2D eigenvalue weighted by Gasteiger charge is -2.16. The second-order valence-electron chi connectivity index (χ2n) is 5.35. The van der Waals surface area contributed by atoms with Crippen LogP contribution in [0.25, 0.3) is 0 Å². The molecule has 0 aliphatic carbocycles. The van der Waals surface area contributed by atoms with Gasteiger partial charge in [-0.1, -0.05) is 6.07 Å². The molecule has 0 radical (unpaired) electrons. The van der Waals surface area contributed by atoms with Gasteiger partial charge in [-0.15, -0.1) is 0 Å². The van der Waals surface area contributed by atoms with E-state index in [-0.39, 0.29) is 5.71 Å². The van der Waals surface area contributed by atoms with Crippen molar-refractivity contribution in [2.75, 3.05) is 12.0 Å². The molecule has 0 unspecified atom stereocenters. The van der Waals surface area contributed by atoms with Crippen molar-refractivity contribution in [3.8, 4) is 0 Å². The molecule has 1 saturated heterocycles. The van der Waals surface area contributed by atoms with Crippen LogP contribution in [0.2, 0.25) is 0 Å². The highest BCUT2D eigenvalue weighted by Gasteiger charge is 2.55. The van der Waals surface area contributed by atoms with Gasteiger partial charge in [0.2, 0.25) is 5.91 Å². The van der Waals surface area contributed by atoms with E-state index in [4.69, 9.17) is 0 Å². The zero-order valence-corrected chi connectivity index (χ0v) is 12.4. The average Bonchev–Trinajstić information content (AvgIpc) is 3.03. The van der Waals surface area contributed by atoms with Crippen LogP contribution in [0.1, 0.15) is 11.1 Å². The number of amides is 2. The second kappa shape index (κ2) is 4.94. The third-order valence-corrected chi connectivity index (χ3v) is 4.07. The van der Waals surface area contributed by atoms with Crippen molar-refractivity contribution in [3.63, 3.8) is 0 Å². The van der Waals surface area contributed by atoms with Gasteiger partial charge in [0.05, 0.1) is 12.8 Å². The summed E-state index contributed by atoms with van der Waals surface area (Å²) >= 11 is 0. The quantitative estimate of drug-likeness (QED) is 0.627. The van der Waals surface area contributed by atoms with Gasteiger partial charge in [-0.2, -0.15) is 5.10 Å².